The normalized spacial score (nSPS) is 12.6. The SMILES string of the molecule is CNC(CS)c1cc(F)c(OC)cc1F. The predicted octanol–water partition coefficient (Wildman–Crippen LogP) is 2.16. The van der Waals surface area contributed by atoms with Crippen molar-refractivity contribution < 1.29 is 13.5 Å². The number of nitrogens with one attached hydrogen (secondary N) is 1. The van der Waals surface area contributed by atoms with Crippen LogP contribution in [0.1, 0.15) is 11.6 Å². The van der Waals surface area contributed by atoms with E-state index in [1.54, 1.807) is 7.05 Å². The molecule has 0 spiro atoms. The third-order valence-electron chi connectivity index (χ3n) is 2.18. The summed E-state index contributed by atoms with van der Waals surface area (Å²) < 4.78 is 31.5. The lowest BCUT2D eigenvalue weighted by Crippen LogP contribution is -2.19. The Morgan fingerprint density at radius 3 is 2.53 bits per heavy atom. The largest absolute Gasteiger partial charge is 0.494 e. The molecule has 0 radical (unpaired) electrons. The fourth-order valence-corrected chi connectivity index (χ4v) is 1.69. The van der Waals surface area contributed by atoms with Gasteiger partial charge in [-0.1, -0.05) is 0 Å². The topological polar surface area (TPSA) is 21.3 Å². The first-order chi connectivity index (χ1) is 7.13. The van der Waals surface area contributed by atoms with Crippen LogP contribution in [0.4, 0.5) is 8.78 Å². The Balaban J connectivity index is 3.14. The Kier molecular flexibility index (Phi) is 4.35. The van der Waals surface area contributed by atoms with Crippen LogP contribution in [0.2, 0.25) is 0 Å². The maximum Gasteiger partial charge on any atom is 0.165 e. The number of hydrogen-bond donors (Lipinski definition) is 2. The number of methoxy groups -OCH3 is 1. The number of thiol groups is 1. The Morgan fingerprint density at radius 1 is 1.40 bits per heavy atom. The van der Waals surface area contributed by atoms with Crippen molar-refractivity contribution in [2.45, 2.75) is 6.04 Å². The van der Waals surface area contributed by atoms with E-state index < -0.39 is 11.6 Å². The lowest BCUT2D eigenvalue weighted by molar-refractivity contribution is 0.380. The highest BCUT2D eigenvalue weighted by Gasteiger charge is 2.16. The fraction of sp³-hybridized carbons (Fsp3) is 0.400. The second-order valence-corrected chi connectivity index (χ2v) is 3.40. The predicted molar refractivity (Wildman–Crippen MR) is 58.6 cm³/mol. The van der Waals surface area contributed by atoms with E-state index in [4.69, 9.17) is 0 Å². The van der Waals surface area contributed by atoms with Crippen molar-refractivity contribution in [3.05, 3.63) is 29.3 Å². The Morgan fingerprint density at radius 2 is 2.07 bits per heavy atom. The summed E-state index contributed by atoms with van der Waals surface area (Å²) in [5.74, 6) is -0.776. The average Bonchev–Trinajstić information content (AvgIpc) is 2.24. The number of halogens is 2. The van der Waals surface area contributed by atoms with Gasteiger partial charge in [-0.15, -0.1) is 0 Å². The molecule has 0 heterocycles. The smallest absolute Gasteiger partial charge is 0.165 e. The van der Waals surface area contributed by atoms with Gasteiger partial charge in [-0.2, -0.15) is 12.6 Å². The first-order valence-corrected chi connectivity index (χ1v) is 5.08. The van der Waals surface area contributed by atoms with Crippen LogP contribution in [-0.4, -0.2) is 19.9 Å². The van der Waals surface area contributed by atoms with Crippen molar-refractivity contribution in [3.63, 3.8) is 0 Å². The third-order valence-corrected chi connectivity index (χ3v) is 2.54. The fourth-order valence-electron chi connectivity index (χ4n) is 1.31. The van der Waals surface area contributed by atoms with Crippen LogP contribution in [0.5, 0.6) is 5.75 Å². The second-order valence-electron chi connectivity index (χ2n) is 3.03. The molecule has 5 heteroatoms. The van der Waals surface area contributed by atoms with Gasteiger partial charge >= 0.3 is 0 Å². The van der Waals surface area contributed by atoms with Crippen molar-refractivity contribution >= 4 is 12.6 Å². The van der Waals surface area contributed by atoms with E-state index in [1.165, 1.54) is 7.11 Å². The maximum absolute atomic E-state index is 13.5. The Bertz CT molecular complexity index is 342. The number of hydrogen-bond acceptors (Lipinski definition) is 3. The van der Waals surface area contributed by atoms with Crippen molar-refractivity contribution in [1.29, 1.82) is 0 Å². The van der Waals surface area contributed by atoms with Gasteiger partial charge in [-0.3, -0.25) is 0 Å². The summed E-state index contributed by atoms with van der Waals surface area (Å²) in [7, 11) is 2.97. The number of ether oxygens (including phenoxy) is 1. The molecular formula is C10H13F2NOS. The molecule has 0 aliphatic heterocycles. The van der Waals surface area contributed by atoms with Crippen LogP contribution in [0, 0.1) is 11.6 Å². The highest BCUT2D eigenvalue weighted by atomic mass is 32.1. The molecule has 1 atom stereocenters. The van der Waals surface area contributed by atoms with Crippen molar-refractivity contribution in [1.82, 2.24) is 5.32 Å². The van der Waals surface area contributed by atoms with Crippen molar-refractivity contribution in [2.24, 2.45) is 0 Å². The summed E-state index contributed by atoms with van der Waals surface area (Å²) in [5.41, 5.74) is 0.255. The maximum atomic E-state index is 13.5. The minimum atomic E-state index is -0.573. The van der Waals surface area contributed by atoms with Gasteiger partial charge in [-0.05, 0) is 13.1 Å². The van der Waals surface area contributed by atoms with Crippen LogP contribution < -0.4 is 10.1 Å². The molecule has 0 amide bonds. The monoisotopic (exact) mass is 233 g/mol. The first-order valence-electron chi connectivity index (χ1n) is 4.45. The van der Waals surface area contributed by atoms with Crippen LogP contribution in [-0.2, 0) is 0 Å². The van der Waals surface area contributed by atoms with Gasteiger partial charge in [0.1, 0.15) is 5.82 Å². The van der Waals surface area contributed by atoms with Crippen LogP contribution >= 0.6 is 12.6 Å². The minimum Gasteiger partial charge on any atom is -0.494 e. The van der Waals surface area contributed by atoms with Gasteiger partial charge in [0.25, 0.3) is 0 Å². The lowest BCUT2D eigenvalue weighted by Gasteiger charge is -2.15. The second kappa shape index (κ2) is 5.32. The van der Waals surface area contributed by atoms with Crippen LogP contribution in [0.15, 0.2) is 12.1 Å². The van der Waals surface area contributed by atoms with E-state index in [0.717, 1.165) is 12.1 Å². The van der Waals surface area contributed by atoms with Gasteiger partial charge in [0.05, 0.1) is 7.11 Å². The van der Waals surface area contributed by atoms with E-state index in [9.17, 15) is 8.78 Å². The molecule has 1 rings (SSSR count). The minimum absolute atomic E-state index is 0.0923. The number of benzene rings is 1. The molecule has 1 aromatic rings. The summed E-state index contributed by atoms with van der Waals surface area (Å²) >= 11 is 4.05. The van der Waals surface area contributed by atoms with Gasteiger partial charge in [0, 0.05) is 23.4 Å². The van der Waals surface area contributed by atoms with E-state index in [1.807, 2.05) is 0 Å². The van der Waals surface area contributed by atoms with Gasteiger partial charge < -0.3 is 10.1 Å². The highest BCUT2D eigenvalue weighted by molar-refractivity contribution is 7.80. The summed E-state index contributed by atoms with van der Waals surface area (Å²) in [6.45, 7) is 0. The molecule has 84 valence electrons. The van der Waals surface area contributed by atoms with Crippen LogP contribution in [0.25, 0.3) is 0 Å². The molecule has 0 fully saturated rings. The molecule has 0 bridgehead atoms. The molecular weight excluding hydrogens is 220 g/mol. The highest BCUT2D eigenvalue weighted by Crippen LogP contribution is 2.25. The lowest BCUT2D eigenvalue weighted by atomic mass is 10.1. The van der Waals surface area contributed by atoms with E-state index in [0.29, 0.717) is 5.75 Å². The van der Waals surface area contributed by atoms with Gasteiger partial charge in [-0.25, -0.2) is 8.78 Å². The summed E-state index contributed by atoms with van der Waals surface area (Å²) in [6.07, 6.45) is 0. The zero-order valence-corrected chi connectivity index (χ0v) is 9.44. The third kappa shape index (κ3) is 2.60. The quantitative estimate of drug-likeness (QED) is 0.778. The molecule has 1 N–H and O–H groups in total. The zero-order chi connectivity index (χ0) is 11.4. The van der Waals surface area contributed by atoms with Gasteiger partial charge in [0.2, 0.25) is 0 Å². The summed E-state index contributed by atoms with van der Waals surface area (Å²) in [6, 6.07) is 1.86. The van der Waals surface area contributed by atoms with Crippen LogP contribution in [0.3, 0.4) is 0 Å². The Labute approximate surface area is 93.0 Å². The van der Waals surface area contributed by atoms with E-state index >= 15 is 0 Å². The Hall–Kier alpha value is -0.810. The number of rotatable bonds is 4. The van der Waals surface area contributed by atoms with E-state index in [-0.39, 0.29) is 17.4 Å². The molecule has 1 unspecified atom stereocenters. The summed E-state index contributed by atoms with van der Waals surface area (Å²) in [4.78, 5) is 0. The molecule has 0 aliphatic carbocycles. The molecule has 2 nitrogen and oxygen atoms in total. The standard InChI is InChI=1S/C10H13F2NOS/c1-13-9(5-15)6-3-8(12)10(14-2)4-7(6)11/h3-4,9,13,15H,5H2,1-2H3. The molecule has 1 aromatic carbocycles. The first kappa shape index (κ1) is 12.3. The molecule has 0 saturated carbocycles. The summed E-state index contributed by atoms with van der Waals surface area (Å²) in [5, 5.41) is 2.85. The average molecular weight is 233 g/mol. The molecule has 0 aliphatic rings. The van der Waals surface area contributed by atoms with E-state index in [2.05, 4.69) is 22.7 Å². The zero-order valence-electron chi connectivity index (χ0n) is 8.55. The van der Waals surface area contributed by atoms with Crippen molar-refractivity contribution in [2.75, 3.05) is 19.9 Å². The molecule has 0 aromatic heterocycles. The molecule has 0 saturated heterocycles. The molecule has 15 heavy (non-hydrogen) atoms. The van der Waals surface area contributed by atoms with Gasteiger partial charge in [0.15, 0.2) is 11.6 Å². The van der Waals surface area contributed by atoms with Crippen molar-refractivity contribution in [3.8, 4) is 5.75 Å².